The van der Waals surface area contributed by atoms with Crippen molar-refractivity contribution in [1.82, 2.24) is 9.88 Å². The Morgan fingerprint density at radius 3 is 2.53 bits per heavy atom. The van der Waals surface area contributed by atoms with E-state index in [0.717, 1.165) is 35.7 Å². The van der Waals surface area contributed by atoms with E-state index in [0.29, 0.717) is 6.54 Å². The van der Waals surface area contributed by atoms with Gasteiger partial charge < -0.3 is 15.0 Å². The van der Waals surface area contributed by atoms with E-state index in [4.69, 9.17) is 0 Å². The molecular formula is C24H23N3O5. The highest BCUT2D eigenvalue weighted by molar-refractivity contribution is 6.46. The summed E-state index contributed by atoms with van der Waals surface area (Å²) in [6.07, 6.45) is 4.37. The Kier molecular flexibility index (Phi) is 5.77. The van der Waals surface area contributed by atoms with E-state index in [2.05, 4.69) is 11.9 Å². The molecule has 1 atom stereocenters. The number of ketones is 1. The highest BCUT2D eigenvalue weighted by atomic mass is 16.6. The molecule has 1 unspecified atom stereocenters. The van der Waals surface area contributed by atoms with Crippen molar-refractivity contribution in [2.45, 2.75) is 32.2 Å². The molecule has 0 radical (unpaired) electrons. The van der Waals surface area contributed by atoms with Crippen molar-refractivity contribution in [2.24, 2.45) is 0 Å². The fourth-order valence-electron chi connectivity index (χ4n) is 4.18. The third-order valence-corrected chi connectivity index (χ3v) is 5.81. The van der Waals surface area contributed by atoms with Gasteiger partial charge in [0.05, 0.1) is 16.5 Å². The molecule has 4 rings (SSSR count). The van der Waals surface area contributed by atoms with Crippen LogP contribution in [-0.2, 0) is 9.59 Å². The maximum atomic E-state index is 13.1. The van der Waals surface area contributed by atoms with E-state index in [1.54, 1.807) is 6.20 Å². The summed E-state index contributed by atoms with van der Waals surface area (Å²) >= 11 is 0. The molecule has 1 aliphatic rings. The molecule has 1 aromatic heterocycles. The molecule has 0 bridgehead atoms. The van der Waals surface area contributed by atoms with Crippen LogP contribution in [0.4, 0.5) is 5.69 Å². The number of benzene rings is 2. The van der Waals surface area contributed by atoms with Gasteiger partial charge >= 0.3 is 0 Å². The zero-order valence-corrected chi connectivity index (χ0v) is 17.6. The molecule has 2 heterocycles. The number of nitro groups is 1. The lowest BCUT2D eigenvalue weighted by Crippen LogP contribution is -2.30. The van der Waals surface area contributed by atoms with Gasteiger partial charge in [0.25, 0.3) is 17.4 Å². The van der Waals surface area contributed by atoms with Crippen LogP contribution >= 0.6 is 0 Å². The zero-order chi connectivity index (χ0) is 22.8. The number of unbranched alkanes of at least 4 members (excludes halogenated alkanes) is 2. The summed E-state index contributed by atoms with van der Waals surface area (Å²) < 4.78 is 0. The normalized spacial score (nSPS) is 17.9. The molecule has 3 aromatic rings. The average molecular weight is 433 g/mol. The maximum absolute atomic E-state index is 13.1. The van der Waals surface area contributed by atoms with Gasteiger partial charge in [0, 0.05) is 46.9 Å². The minimum absolute atomic E-state index is 0.00916. The summed E-state index contributed by atoms with van der Waals surface area (Å²) in [6, 6.07) is 12.1. The number of hydrogen-bond acceptors (Lipinski definition) is 5. The number of fused-ring (bicyclic) bond motifs is 1. The number of hydrogen-bond donors (Lipinski definition) is 2. The molecule has 0 spiro atoms. The van der Waals surface area contributed by atoms with Crippen LogP contribution in [0.5, 0.6) is 0 Å². The monoisotopic (exact) mass is 433 g/mol. The number of non-ortho nitro benzene ring substituents is 1. The first-order chi connectivity index (χ1) is 15.4. The number of carbonyl (C=O) groups excluding carboxylic acids is 2. The smallest absolute Gasteiger partial charge is 0.295 e. The molecule has 8 nitrogen and oxygen atoms in total. The highest BCUT2D eigenvalue weighted by Gasteiger charge is 2.46. The van der Waals surface area contributed by atoms with Gasteiger partial charge in [0.1, 0.15) is 5.76 Å². The number of Topliss-reactive ketones (excluding diaryl/α,β-unsaturated/α-hetero) is 1. The van der Waals surface area contributed by atoms with Crippen molar-refractivity contribution in [2.75, 3.05) is 6.54 Å². The Morgan fingerprint density at radius 1 is 1.12 bits per heavy atom. The van der Waals surface area contributed by atoms with Gasteiger partial charge in [-0.05, 0) is 24.6 Å². The molecule has 1 amide bonds. The number of amides is 1. The van der Waals surface area contributed by atoms with Crippen molar-refractivity contribution >= 4 is 34.0 Å². The van der Waals surface area contributed by atoms with Gasteiger partial charge in [-0.25, -0.2) is 0 Å². The molecule has 1 fully saturated rings. The number of aliphatic hydroxyl groups excluding tert-OH is 1. The molecule has 8 heteroatoms. The van der Waals surface area contributed by atoms with Crippen LogP contribution in [0.3, 0.4) is 0 Å². The fourth-order valence-corrected chi connectivity index (χ4v) is 4.18. The number of aromatic nitrogens is 1. The standard InChI is InChI=1S/C24H23N3O5/c1-2-3-6-13-26-21(18-14-25-19-8-5-4-7-17(18)19)20(23(29)24(26)30)22(28)15-9-11-16(12-10-15)27(31)32/h4-5,7-12,14,21,25,28H,2-3,6,13H2,1H3/b22-20+. The van der Waals surface area contributed by atoms with Gasteiger partial charge in [-0.3, -0.25) is 19.7 Å². The lowest BCUT2D eigenvalue weighted by molar-refractivity contribution is -0.384. The van der Waals surface area contributed by atoms with Crippen LogP contribution in [0.2, 0.25) is 0 Å². The topological polar surface area (TPSA) is 117 Å². The molecule has 0 aliphatic carbocycles. The molecule has 0 saturated carbocycles. The Morgan fingerprint density at radius 2 is 1.84 bits per heavy atom. The highest BCUT2D eigenvalue weighted by Crippen LogP contribution is 2.42. The van der Waals surface area contributed by atoms with E-state index in [-0.39, 0.29) is 22.6 Å². The third kappa shape index (κ3) is 3.64. The van der Waals surface area contributed by atoms with Crippen LogP contribution < -0.4 is 0 Å². The van der Waals surface area contributed by atoms with E-state index in [1.165, 1.54) is 29.2 Å². The van der Waals surface area contributed by atoms with E-state index < -0.39 is 22.7 Å². The fraction of sp³-hybridized carbons (Fsp3) is 0.250. The van der Waals surface area contributed by atoms with Crippen LogP contribution in [0.25, 0.3) is 16.7 Å². The van der Waals surface area contributed by atoms with Crippen LogP contribution in [0, 0.1) is 10.1 Å². The maximum Gasteiger partial charge on any atom is 0.295 e. The number of para-hydroxylation sites is 1. The lowest BCUT2D eigenvalue weighted by Gasteiger charge is -2.24. The quantitative estimate of drug-likeness (QED) is 0.140. The minimum atomic E-state index is -0.757. The van der Waals surface area contributed by atoms with Crippen molar-refractivity contribution in [3.63, 3.8) is 0 Å². The van der Waals surface area contributed by atoms with Gasteiger partial charge in [-0.2, -0.15) is 0 Å². The molecule has 2 N–H and O–H groups in total. The molecule has 1 saturated heterocycles. The molecule has 2 aromatic carbocycles. The molecule has 1 aliphatic heterocycles. The Balaban J connectivity index is 1.86. The summed E-state index contributed by atoms with van der Waals surface area (Å²) in [6.45, 7) is 2.44. The summed E-state index contributed by atoms with van der Waals surface area (Å²) in [4.78, 5) is 41.1. The first kappa shape index (κ1) is 21.3. The summed E-state index contributed by atoms with van der Waals surface area (Å²) in [5, 5.41) is 22.9. The number of nitrogens with one attached hydrogen (secondary N) is 1. The second-order valence-electron chi connectivity index (χ2n) is 7.79. The van der Waals surface area contributed by atoms with Gasteiger partial charge in [0.2, 0.25) is 0 Å². The number of nitro benzene ring substituents is 1. The Hall–Kier alpha value is -3.94. The number of carbonyl (C=O) groups is 2. The SMILES string of the molecule is CCCCCN1C(=O)C(=O)/C(=C(/O)c2ccc([N+](=O)[O-])cc2)C1c1c[nH]c2ccccc12. The van der Waals surface area contributed by atoms with Crippen LogP contribution in [-0.4, -0.2) is 38.1 Å². The third-order valence-electron chi connectivity index (χ3n) is 5.81. The van der Waals surface area contributed by atoms with Gasteiger partial charge in [-0.15, -0.1) is 0 Å². The first-order valence-electron chi connectivity index (χ1n) is 10.5. The number of nitrogens with zero attached hydrogens (tertiary/aromatic N) is 2. The predicted molar refractivity (Wildman–Crippen MR) is 120 cm³/mol. The number of aliphatic hydroxyl groups is 1. The second kappa shape index (κ2) is 8.66. The second-order valence-corrected chi connectivity index (χ2v) is 7.79. The number of rotatable bonds is 7. The number of H-pyrrole nitrogens is 1. The summed E-state index contributed by atoms with van der Waals surface area (Å²) in [7, 11) is 0. The average Bonchev–Trinajstić information content (AvgIpc) is 3.33. The Labute approximate surface area is 184 Å². The van der Waals surface area contributed by atoms with Crippen molar-refractivity contribution in [3.05, 3.63) is 81.5 Å². The molecular weight excluding hydrogens is 410 g/mol. The number of likely N-dealkylation sites (tertiary alicyclic amines) is 1. The van der Waals surface area contributed by atoms with Gasteiger partial charge in [0.15, 0.2) is 0 Å². The first-order valence-corrected chi connectivity index (χ1v) is 10.5. The lowest BCUT2D eigenvalue weighted by atomic mass is 9.95. The van der Waals surface area contributed by atoms with Crippen LogP contribution in [0.1, 0.15) is 43.4 Å². The summed E-state index contributed by atoms with van der Waals surface area (Å²) in [5.41, 5.74) is 1.68. The van der Waals surface area contributed by atoms with Gasteiger partial charge in [-0.1, -0.05) is 38.0 Å². The van der Waals surface area contributed by atoms with Crippen molar-refractivity contribution in [1.29, 1.82) is 0 Å². The van der Waals surface area contributed by atoms with Crippen molar-refractivity contribution in [3.8, 4) is 0 Å². The largest absolute Gasteiger partial charge is 0.507 e. The van der Waals surface area contributed by atoms with E-state index >= 15 is 0 Å². The van der Waals surface area contributed by atoms with E-state index in [9.17, 15) is 24.8 Å². The van der Waals surface area contributed by atoms with E-state index in [1.807, 2.05) is 24.3 Å². The minimum Gasteiger partial charge on any atom is -0.507 e. The number of aromatic amines is 1. The summed E-state index contributed by atoms with van der Waals surface area (Å²) in [5.74, 6) is -1.75. The zero-order valence-electron chi connectivity index (χ0n) is 17.6. The molecule has 164 valence electrons. The predicted octanol–water partition coefficient (Wildman–Crippen LogP) is 4.69. The van der Waals surface area contributed by atoms with Crippen molar-refractivity contribution < 1.29 is 19.6 Å². The molecule has 32 heavy (non-hydrogen) atoms. The Bertz CT molecular complexity index is 1230. The van der Waals surface area contributed by atoms with Crippen LogP contribution in [0.15, 0.2) is 60.3 Å².